The van der Waals surface area contributed by atoms with Crippen LogP contribution in [0.1, 0.15) is 33.6 Å². The molecule has 7 heteroatoms. The van der Waals surface area contributed by atoms with Crippen LogP contribution in [-0.2, 0) is 19.6 Å². The van der Waals surface area contributed by atoms with Crippen LogP contribution in [0.3, 0.4) is 0 Å². The lowest BCUT2D eigenvalue weighted by atomic mass is 10.1. The maximum absolute atomic E-state index is 12.9. The Morgan fingerprint density at radius 3 is 2.42 bits per heavy atom. The van der Waals surface area contributed by atoms with Crippen LogP contribution < -0.4 is 4.90 Å². The van der Waals surface area contributed by atoms with Crippen LogP contribution in [-0.4, -0.2) is 50.0 Å². The third-order valence-electron chi connectivity index (χ3n) is 4.40. The molecule has 2 fully saturated rings. The smallest absolute Gasteiger partial charge is 0.243 e. The van der Waals surface area contributed by atoms with E-state index in [2.05, 4.69) is 0 Å². The van der Waals surface area contributed by atoms with Crippen molar-refractivity contribution in [2.75, 3.05) is 24.5 Å². The lowest BCUT2D eigenvalue weighted by Gasteiger charge is -2.40. The highest BCUT2D eigenvalue weighted by atomic mass is 32.2. The topological polar surface area (TPSA) is 66.9 Å². The number of hydrogen-bond donors (Lipinski definition) is 0. The van der Waals surface area contributed by atoms with E-state index in [1.54, 1.807) is 29.2 Å². The average Bonchev–Trinajstić information content (AvgIpc) is 2.91. The summed E-state index contributed by atoms with van der Waals surface area (Å²) in [6.07, 6.45) is 1.26. The van der Waals surface area contributed by atoms with Gasteiger partial charge in [0.05, 0.1) is 16.6 Å². The normalized spacial score (nSPS) is 25.2. The Labute approximate surface area is 143 Å². The van der Waals surface area contributed by atoms with E-state index in [0.29, 0.717) is 26.1 Å². The van der Waals surface area contributed by atoms with Crippen molar-refractivity contribution in [2.24, 2.45) is 0 Å². The van der Waals surface area contributed by atoms with Gasteiger partial charge < -0.3 is 9.64 Å². The highest BCUT2D eigenvalue weighted by Crippen LogP contribution is 2.28. The summed E-state index contributed by atoms with van der Waals surface area (Å²) in [5.41, 5.74) is 0.249. The maximum atomic E-state index is 12.9. The Kier molecular flexibility index (Phi) is 4.44. The van der Waals surface area contributed by atoms with E-state index < -0.39 is 15.6 Å². The molecule has 6 nitrogen and oxygen atoms in total. The Bertz CT molecular complexity index is 727. The molecule has 0 bridgehead atoms. The Morgan fingerprint density at radius 2 is 1.88 bits per heavy atom. The lowest BCUT2D eigenvalue weighted by molar-refractivity contribution is -0.117. The molecule has 0 N–H and O–H groups in total. The molecule has 1 atom stereocenters. The van der Waals surface area contributed by atoms with E-state index in [-0.39, 0.29) is 16.9 Å². The first-order valence-electron chi connectivity index (χ1n) is 8.27. The highest BCUT2D eigenvalue weighted by molar-refractivity contribution is 7.89. The van der Waals surface area contributed by atoms with Gasteiger partial charge in [0.2, 0.25) is 15.9 Å². The largest absolute Gasteiger partial charge is 0.370 e. The fourth-order valence-corrected chi connectivity index (χ4v) is 5.11. The first-order chi connectivity index (χ1) is 11.2. The van der Waals surface area contributed by atoms with Crippen molar-refractivity contribution in [3.05, 3.63) is 24.3 Å². The van der Waals surface area contributed by atoms with Gasteiger partial charge in [-0.2, -0.15) is 4.31 Å². The zero-order valence-electron chi connectivity index (χ0n) is 14.4. The predicted molar refractivity (Wildman–Crippen MR) is 91.4 cm³/mol. The van der Waals surface area contributed by atoms with Gasteiger partial charge in [-0.3, -0.25) is 4.79 Å². The number of ether oxygens (including phenoxy) is 1. The average molecular weight is 352 g/mol. The highest BCUT2D eigenvalue weighted by Gasteiger charge is 2.38. The molecule has 1 amide bonds. The van der Waals surface area contributed by atoms with Gasteiger partial charge in [-0.25, -0.2) is 8.42 Å². The van der Waals surface area contributed by atoms with Crippen molar-refractivity contribution >= 4 is 21.6 Å². The van der Waals surface area contributed by atoms with Crippen LogP contribution in [0.4, 0.5) is 5.69 Å². The summed E-state index contributed by atoms with van der Waals surface area (Å²) >= 11 is 0. The maximum Gasteiger partial charge on any atom is 0.243 e. The molecular weight excluding hydrogens is 328 g/mol. The van der Waals surface area contributed by atoms with Crippen molar-refractivity contribution in [1.82, 2.24) is 4.31 Å². The molecule has 2 aliphatic rings. The second-order valence-corrected chi connectivity index (χ2v) is 9.07. The Balaban J connectivity index is 1.83. The van der Waals surface area contributed by atoms with Gasteiger partial charge in [-0.05, 0) is 51.5 Å². The van der Waals surface area contributed by atoms with E-state index in [4.69, 9.17) is 4.74 Å². The third kappa shape index (κ3) is 3.34. The van der Waals surface area contributed by atoms with Crippen molar-refractivity contribution < 1.29 is 17.9 Å². The second kappa shape index (κ2) is 6.13. The molecule has 0 aliphatic carbocycles. The molecule has 2 heterocycles. The summed E-state index contributed by atoms with van der Waals surface area (Å²) in [4.78, 5) is 13.8. The van der Waals surface area contributed by atoms with E-state index in [1.165, 1.54) is 4.31 Å². The SMILES string of the molecule is CC1CN(S(=O)(=O)c2ccc(N3CCCC3=O)cc2)CC(C)(C)O1. The number of rotatable bonds is 3. The molecule has 0 saturated carbocycles. The third-order valence-corrected chi connectivity index (χ3v) is 6.22. The number of amides is 1. The summed E-state index contributed by atoms with van der Waals surface area (Å²) in [5.74, 6) is 0.0920. The van der Waals surface area contributed by atoms with Gasteiger partial charge >= 0.3 is 0 Å². The molecule has 1 aromatic rings. The number of carbonyl (C=O) groups is 1. The summed E-state index contributed by atoms with van der Waals surface area (Å²) < 4.78 is 33.1. The first kappa shape index (κ1) is 17.4. The summed E-state index contributed by atoms with van der Waals surface area (Å²) in [7, 11) is -3.57. The van der Waals surface area contributed by atoms with E-state index in [0.717, 1.165) is 12.1 Å². The van der Waals surface area contributed by atoms with Gasteiger partial charge in [-0.15, -0.1) is 0 Å². The van der Waals surface area contributed by atoms with Gasteiger partial charge in [0.1, 0.15) is 0 Å². The molecule has 0 spiro atoms. The number of anilines is 1. The number of hydrogen-bond acceptors (Lipinski definition) is 4. The van der Waals surface area contributed by atoms with Crippen LogP contribution >= 0.6 is 0 Å². The minimum Gasteiger partial charge on any atom is -0.370 e. The number of morpholine rings is 1. The van der Waals surface area contributed by atoms with Crippen molar-refractivity contribution in [3.8, 4) is 0 Å². The summed E-state index contributed by atoms with van der Waals surface area (Å²) in [6, 6.07) is 6.60. The number of carbonyl (C=O) groups excluding carboxylic acids is 1. The van der Waals surface area contributed by atoms with Crippen LogP contribution in [0.25, 0.3) is 0 Å². The minimum atomic E-state index is -3.57. The standard InChI is InChI=1S/C17H24N2O4S/c1-13-11-18(12-17(2,3)23-13)24(21,22)15-8-6-14(7-9-15)19-10-4-5-16(19)20/h6-9,13H,4-5,10-12H2,1-3H3. The van der Waals surface area contributed by atoms with E-state index in [1.807, 2.05) is 20.8 Å². The Hall–Kier alpha value is -1.44. The van der Waals surface area contributed by atoms with Crippen LogP contribution in [0.5, 0.6) is 0 Å². The molecule has 0 aromatic heterocycles. The molecule has 132 valence electrons. The van der Waals surface area contributed by atoms with Crippen molar-refractivity contribution in [3.63, 3.8) is 0 Å². The number of nitrogens with zero attached hydrogens (tertiary/aromatic N) is 2. The monoisotopic (exact) mass is 352 g/mol. The zero-order chi connectivity index (χ0) is 17.5. The summed E-state index contributed by atoms with van der Waals surface area (Å²) in [6.45, 7) is 7.04. The molecule has 0 radical (unpaired) electrons. The molecule has 3 rings (SSSR count). The van der Waals surface area contributed by atoms with E-state index >= 15 is 0 Å². The van der Waals surface area contributed by atoms with Crippen LogP contribution in [0.15, 0.2) is 29.2 Å². The van der Waals surface area contributed by atoms with Crippen molar-refractivity contribution in [1.29, 1.82) is 0 Å². The van der Waals surface area contributed by atoms with Gasteiger partial charge in [0, 0.05) is 31.7 Å². The van der Waals surface area contributed by atoms with E-state index in [9.17, 15) is 13.2 Å². The van der Waals surface area contributed by atoms with Crippen molar-refractivity contribution in [2.45, 2.75) is 50.2 Å². The predicted octanol–water partition coefficient (Wildman–Crippen LogP) is 2.00. The molecule has 2 aliphatic heterocycles. The molecule has 24 heavy (non-hydrogen) atoms. The first-order valence-corrected chi connectivity index (χ1v) is 9.71. The quantitative estimate of drug-likeness (QED) is 0.834. The van der Waals surface area contributed by atoms with Gasteiger partial charge in [-0.1, -0.05) is 0 Å². The van der Waals surface area contributed by atoms with Gasteiger partial charge in [0.15, 0.2) is 0 Å². The zero-order valence-corrected chi connectivity index (χ0v) is 15.2. The molecule has 2 saturated heterocycles. The van der Waals surface area contributed by atoms with Crippen LogP contribution in [0.2, 0.25) is 0 Å². The number of sulfonamides is 1. The minimum absolute atomic E-state index is 0.0920. The van der Waals surface area contributed by atoms with Crippen LogP contribution in [0, 0.1) is 0 Å². The summed E-state index contributed by atoms with van der Waals surface area (Å²) in [5, 5.41) is 0. The molecule has 1 unspecified atom stereocenters. The molecule has 1 aromatic carbocycles. The van der Waals surface area contributed by atoms with Gasteiger partial charge in [0.25, 0.3) is 0 Å². The Morgan fingerprint density at radius 1 is 1.21 bits per heavy atom. The second-order valence-electron chi connectivity index (χ2n) is 7.13. The lowest BCUT2D eigenvalue weighted by Crippen LogP contribution is -2.53. The number of benzene rings is 1. The fourth-order valence-electron chi connectivity index (χ4n) is 3.45. The fraction of sp³-hybridized carbons (Fsp3) is 0.588. The molecular formula is C17H24N2O4S.